The Kier molecular flexibility index (Phi) is 3.72. The summed E-state index contributed by atoms with van der Waals surface area (Å²) in [6.45, 7) is 3.43. The van der Waals surface area contributed by atoms with E-state index in [1.54, 1.807) is 0 Å². The fourth-order valence-corrected chi connectivity index (χ4v) is 4.88. The smallest absolute Gasteiger partial charge is 0.0986 e. The Morgan fingerprint density at radius 3 is 2.59 bits per heavy atom. The molecule has 4 atom stereocenters. The Morgan fingerprint density at radius 2 is 1.71 bits per heavy atom. The van der Waals surface area contributed by atoms with Gasteiger partial charge in [0.15, 0.2) is 0 Å². The van der Waals surface area contributed by atoms with E-state index < -0.39 is 0 Å². The van der Waals surface area contributed by atoms with Gasteiger partial charge in [-0.05, 0) is 49.4 Å². The second-order valence-corrected chi connectivity index (χ2v) is 6.49. The predicted molar refractivity (Wildman–Crippen MR) is 69.7 cm³/mol. The fraction of sp³-hybridized carbons (Fsp3) is 1.00. The van der Waals surface area contributed by atoms with Gasteiger partial charge in [-0.3, -0.25) is 4.90 Å². The van der Waals surface area contributed by atoms with E-state index in [9.17, 15) is 0 Å². The van der Waals surface area contributed by atoms with Crippen molar-refractivity contribution in [1.82, 2.24) is 4.90 Å². The normalized spacial score (nSPS) is 42.9. The number of nitrogens with zero attached hydrogens (tertiary/aromatic N) is 1. The van der Waals surface area contributed by atoms with Crippen LogP contribution >= 0.6 is 0 Å². The van der Waals surface area contributed by atoms with E-state index >= 15 is 0 Å². The third-order valence-corrected chi connectivity index (χ3v) is 5.61. The average Bonchev–Trinajstić information content (AvgIpc) is 2.39. The Labute approximate surface area is 106 Å². The molecule has 1 aliphatic heterocycles. The molecule has 1 heterocycles. The average molecular weight is 237 g/mol. The van der Waals surface area contributed by atoms with Crippen molar-refractivity contribution in [2.24, 2.45) is 23.7 Å². The Morgan fingerprint density at radius 1 is 0.941 bits per heavy atom. The maximum Gasteiger partial charge on any atom is 0.0986 e. The lowest BCUT2D eigenvalue weighted by molar-refractivity contribution is -0.0371. The summed E-state index contributed by atoms with van der Waals surface area (Å²) in [4.78, 5) is 2.52. The Hall–Kier alpha value is -0.0800. The van der Waals surface area contributed by atoms with Gasteiger partial charge in [-0.2, -0.15) is 0 Å². The van der Waals surface area contributed by atoms with Gasteiger partial charge in [0, 0.05) is 20.2 Å². The van der Waals surface area contributed by atoms with Crippen molar-refractivity contribution in [1.29, 1.82) is 0 Å². The summed E-state index contributed by atoms with van der Waals surface area (Å²) in [7, 11) is 1.82. The van der Waals surface area contributed by atoms with Crippen LogP contribution in [0.3, 0.4) is 0 Å². The molecule has 2 aliphatic carbocycles. The molecule has 98 valence electrons. The van der Waals surface area contributed by atoms with Crippen LogP contribution in [-0.4, -0.2) is 31.8 Å². The van der Waals surface area contributed by atoms with Crippen LogP contribution in [0, 0.1) is 23.7 Å². The third kappa shape index (κ3) is 2.39. The highest BCUT2D eigenvalue weighted by Gasteiger charge is 2.42. The number of rotatable bonds is 2. The van der Waals surface area contributed by atoms with Gasteiger partial charge in [-0.25, -0.2) is 0 Å². The standard InChI is InChI=1S/C15H27NO/c1-17-11-16-9-8-15-13(10-16)7-6-12-4-2-3-5-14(12)15/h12-15H,2-11H2,1H3. The minimum Gasteiger partial charge on any atom is -0.369 e. The van der Waals surface area contributed by atoms with Crippen LogP contribution in [0.2, 0.25) is 0 Å². The molecule has 4 unspecified atom stereocenters. The van der Waals surface area contributed by atoms with Gasteiger partial charge in [0.05, 0.1) is 6.73 Å². The van der Waals surface area contributed by atoms with Crippen molar-refractivity contribution in [3.05, 3.63) is 0 Å². The van der Waals surface area contributed by atoms with E-state index in [4.69, 9.17) is 4.74 Å². The Bertz CT molecular complexity index is 255. The maximum absolute atomic E-state index is 5.29. The quantitative estimate of drug-likeness (QED) is 0.731. The molecule has 3 rings (SSSR count). The lowest BCUT2D eigenvalue weighted by Crippen LogP contribution is -2.48. The third-order valence-electron chi connectivity index (χ3n) is 5.61. The number of fused-ring (bicyclic) bond motifs is 3. The molecule has 0 spiro atoms. The summed E-state index contributed by atoms with van der Waals surface area (Å²) < 4.78 is 5.29. The molecule has 0 aromatic rings. The number of piperidine rings is 1. The van der Waals surface area contributed by atoms with Crippen molar-refractivity contribution in [3.63, 3.8) is 0 Å². The molecule has 0 radical (unpaired) electrons. The molecular formula is C15H27NO. The molecular weight excluding hydrogens is 210 g/mol. The zero-order valence-corrected chi connectivity index (χ0v) is 11.2. The van der Waals surface area contributed by atoms with Gasteiger partial charge in [0.1, 0.15) is 0 Å². The predicted octanol–water partition coefficient (Wildman–Crippen LogP) is 3.13. The summed E-state index contributed by atoms with van der Waals surface area (Å²) >= 11 is 0. The minimum atomic E-state index is 0.845. The maximum atomic E-state index is 5.29. The van der Waals surface area contributed by atoms with E-state index in [1.807, 2.05) is 7.11 Å². The van der Waals surface area contributed by atoms with Crippen molar-refractivity contribution >= 4 is 0 Å². The first-order valence-corrected chi connectivity index (χ1v) is 7.60. The number of ether oxygens (including phenoxy) is 1. The lowest BCUT2D eigenvalue weighted by Gasteiger charge is -2.50. The van der Waals surface area contributed by atoms with Crippen LogP contribution in [0.15, 0.2) is 0 Å². The monoisotopic (exact) mass is 237 g/mol. The van der Waals surface area contributed by atoms with Crippen LogP contribution in [-0.2, 0) is 4.74 Å². The summed E-state index contributed by atoms with van der Waals surface area (Å²) in [6, 6.07) is 0. The summed E-state index contributed by atoms with van der Waals surface area (Å²) in [5.41, 5.74) is 0. The van der Waals surface area contributed by atoms with Gasteiger partial charge in [-0.15, -0.1) is 0 Å². The van der Waals surface area contributed by atoms with Gasteiger partial charge in [0.25, 0.3) is 0 Å². The topological polar surface area (TPSA) is 12.5 Å². The lowest BCUT2D eigenvalue weighted by atomic mass is 9.59. The van der Waals surface area contributed by atoms with Crippen LogP contribution in [0.5, 0.6) is 0 Å². The summed E-state index contributed by atoms with van der Waals surface area (Å²) in [6.07, 6.45) is 10.5. The zero-order valence-electron chi connectivity index (χ0n) is 11.2. The number of methoxy groups -OCH3 is 1. The van der Waals surface area contributed by atoms with E-state index in [1.165, 1.54) is 58.0 Å². The van der Waals surface area contributed by atoms with Gasteiger partial charge in [-0.1, -0.05) is 19.3 Å². The highest BCUT2D eigenvalue weighted by Crippen LogP contribution is 2.49. The van der Waals surface area contributed by atoms with E-state index in [0.717, 1.165) is 30.4 Å². The first-order valence-electron chi connectivity index (χ1n) is 7.60. The number of hydrogen-bond acceptors (Lipinski definition) is 2. The minimum absolute atomic E-state index is 0.845. The molecule has 0 bridgehead atoms. The molecule has 0 N–H and O–H groups in total. The van der Waals surface area contributed by atoms with Crippen molar-refractivity contribution in [2.45, 2.75) is 44.9 Å². The number of hydrogen-bond donors (Lipinski definition) is 0. The van der Waals surface area contributed by atoms with Crippen LogP contribution in [0.4, 0.5) is 0 Å². The Balaban J connectivity index is 1.63. The van der Waals surface area contributed by atoms with E-state index in [-0.39, 0.29) is 0 Å². The first-order chi connectivity index (χ1) is 8.38. The van der Waals surface area contributed by atoms with Crippen molar-refractivity contribution < 1.29 is 4.74 Å². The highest BCUT2D eigenvalue weighted by atomic mass is 16.5. The van der Waals surface area contributed by atoms with E-state index in [2.05, 4.69) is 4.90 Å². The number of likely N-dealkylation sites (tertiary alicyclic amines) is 1. The first kappa shape index (κ1) is 12.0. The molecule has 0 amide bonds. The molecule has 3 fully saturated rings. The molecule has 3 aliphatic rings. The molecule has 1 saturated heterocycles. The largest absolute Gasteiger partial charge is 0.369 e. The molecule has 2 heteroatoms. The summed E-state index contributed by atoms with van der Waals surface area (Å²) in [5.74, 6) is 4.23. The second-order valence-electron chi connectivity index (χ2n) is 6.49. The van der Waals surface area contributed by atoms with Crippen molar-refractivity contribution in [2.75, 3.05) is 26.9 Å². The van der Waals surface area contributed by atoms with E-state index in [0.29, 0.717) is 0 Å². The zero-order chi connectivity index (χ0) is 11.7. The highest BCUT2D eigenvalue weighted by molar-refractivity contribution is 4.93. The molecule has 17 heavy (non-hydrogen) atoms. The molecule has 0 aromatic heterocycles. The molecule has 2 saturated carbocycles. The second kappa shape index (κ2) is 5.27. The van der Waals surface area contributed by atoms with Gasteiger partial charge in [0.2, 0.25) is 0 Å². The summed E-state index contributed by atoms with van der Waals surface area (Å²) in [5, 5.41) is 0. The fourth-order valence-electron chi connectivity index (χ4n) is 4.88. The SMILES string of the molecule is COCN1CCC2C(CCC3CCCCC32)C1. The molecule has 0 aromatic carbocycles. The van der Waals surface area contributed by atoms with Crippen LogP contribution < -0.4 is 0 Å². The van der Waals surface area contributed by atoms with Crippen LogP contribution in [0.25, 0.3) is 0 Å². The van der Waals surface area contributed by atoms with Gasteiger partial charge < -0.3 is 4.74 Å². The van der Waals surface area contributed by atoms with Gasteiger partial charge >= 0.3 is 0 Å². The van der Waals surface area contributed by atoms with Crippen LogP contribution in [0.1, 0.15) is 44.9 Å². The van der Waals surface area contributed by atoms with Crippen molar-refractivity contribution in [3.8, 4) is 0 Å². The molecule has 2 nitrogen and oxygen atoms in total.